The number of hydrogen-bond acceptors (Lipinski definition) is 4. The lowest BCUT2D eigenvalue weighted by atomic mass is 9.84. The molecule has 3 aliphatic heterocycles. The monoisotopic (exact) mass is 339 g/mol. The molecular formula is C19H25N5O. The van der Waals surface area contributed by atoms with Gasteiger partial charge in [0, 0.05) is 30.2 Å². The van der Waals surface area contributed by atoms with E-state index in [1.165, 1.54) is 38.8 Å². The van der Waals surface area contributed by atoms with Crippen LogP contribution in [0.5, 0.6) is 0 Å². The second-order valence-corrected chi connectivity index (χ2v) is 7.97. The molecule has 1 saturated carbocycles. The van der Waals surface area contributed by atoms with Gasteiger partial charge in [-0.1, -0.05) is 0 Å². The maximum Gasteiger partial charge on any atom is 0.272 e. The summed E-state index contributed by atoms with van der Waals surface area (Å²) in [5.74, 6) is 1.26. The highest BCUT2D eigenvalue weighted by atomic mass is 16.2. The summed E-state index contributed by atoms with van der Waals surface area (Å²) in [5, 5.41) is 8.81. The van der Waals surface area contributed by atoms with Gasteiger partial charge in [-0.15, -0.1) is 0 Å². The average molecular weight is 339 g/mol. The molecule has 4 fully saturated rings. The number of carbonyl (C=O) groups is 1. The molecule has 2 aromatic rings. The number of piperidine rings is 3. The van der Waals surface area contributed by atoms with Gasteiger partial charge in [0.15, 0.2) is 5.69 Å². The van der Waals surface area contributed by atoms with Crippen LogP contribution in [0.2, 0.25) is 0 Å². The normalized spacial score (nSPS) is 28.4. The Balaban J connectivity index is 1.44. The van der Waals surface area contributed by atoms with E-state index >= 15 is 0 Å². The van der Waals surface area contributed by atoms with Crippen LogP contribution < -0.4 is 11.1 Å². The molecule has 132 valence electrons. The molecule has 25 heavy (non-hydrogen) atoms. The van der Waals surface area contributed by atoms with E-state index < -0.39 is 0 Å². The molecular weight excluding hydrogens is 314 g/mol. The smallest absolute Gasteiger partial charge is 0.272 e. The van der Waals surface area contributed by atoms with Crippen molar-refractivity contribution in [3.05, 3.63) is 23.9 Å². The zero-order valence-corrected chi connectivity index (χ0v) is 14.4. The first-order valence-electron chi connectivity index (χ1n) is 9.46. The van der Waals surface area contributed by atoms with E-state index in [1.54, 1.807) is 0 Å². The number of nitrogens with zero attached hydrogens (tertiary/aromatic N) is 3. The van der Waals surface area contributed by atoms with E-state index in [-0.39, 0.29) is 11.9 Å². The van der Waals surface area contributed by atoms with Crippen LogP contribution in [-0.2, 0) is 6.54 Å². The van der Waals surface area contributed by atoms with Crippen LogP contribution in [0.25, 0.3) is 10.9 Å². The van der Waals surface area contributed by atoms with Gasteiger partial charge in [0.1, 0.15) is 0 Å². The molecule has 1 aromatic heterocycles. The van der Waals surface area contributed by atoms with Crippen LogP contribution in [0.3, 0.4) is 0 Å². The van der Waals surface area contributed by atoms with Gasteiger partial charge in [-0.2, -0.15) is 5.10 Å². The molecule has 1 unspecified atom stereocenters. The van der Waals surface area contributed by atoms with Gasteiger partial charge in [0.25, 0.3) is 5.91 Å². The number of nitrogen functional groups attached to an aromatic ring is 1. The second kappa shape index (κ2) is 5.73. The number of fused-ring (bicyclic) bond motifs is 4. The third kappa shape index (κ3) is 2.78. The summed E-state index contributed by atoms with van der Waals surface area (Å²) in [6, 6.07) is 6.02. The summed E-state index contributed by atoms with van der Waals surface area (Å²) in [4.78, 5) is 15.4. The van der Waals surface area contributed by atoms with Crippen LogP contribution >= 0.6 is 0 Å². The van der Waals surface area contributed by atoms with Crippen molar-refractivity contribution in [2.45, 2.75) is 38.3 Å². The van der Waals surface area contributed by atoms with Crippen LogP contribution in [0.4, 0.5) is 5.69 Å². The summed E-state index contributed by atoms with van der Waals surface area (Å²) in [6.07, 6.45) is 4.90. The number of amides is 1. The predicted octanol–water partition coefficient (Wildman–Crippen LogP) is 1.85. The summed E-state index contributed by atoms with van der Waals surface area (Å²) in [5.41, 5.74) is 8.19. The molecule has 6 nitrogen and oxygen atoms in total. The molecule has 4 heterocycles. The van der Waals surface area contributed by atoms with Crippen molar-refractivity contribution >= 4 is 22.5 Å². The SMILES string of the molecule is Nc1ccc2c(c1)c(C(=O)NC1CN3CCC1CC3)nn2CC1CC1. The number of anilines is 1. The van der Waals surface area contributed by atoms with Crippen LogP contribution in [0.15, 0.2) is 18.2 Å². The zero-order chi connectivity index (χ0) is 17.0. The van der Waals surface area contributed by atoms with Crippen molar-refractivity contribution in [1.29, 1.82) is 0 Å². The minimum Gasteiger partial charge on any atom is -0.399 e. The summed E-state index contributed by atoms with van der Waals surface area (Å²) >= 11 is 0. The van der Waals surface area contributed by atoms with Gasteiger partial charge < -0.3 is 16.0 Å². The maximum absolute atomic E-state index is 13.0. The van der Waals surface area contributed by atoms with Gasteiger partial charge in [-0.3, -0.25) is 9.48 Å². The Morgan fingerprint density at radius 1 is 1.24 bits per heavy atom. The van der Waals surface area contributed by atoms with Crippen LogP contribution in [0, 0.1) is 11.8 Å². The number of nitrogens with one attached hydrogen (secondary N) is 1. The van der Waals surface area contributed by atoms with Crippen molar-refractivity contribution in [3.8, 4) is 0 Å². The molecule has 1 aromatic carbocycles. The van der Waals surface area contributed by atoms with E-state index in [4.69, 9.17) is 5.73 Å². The molecule has 6 heteroatoms. The topological polar surface area (TPSA) is 76.2 Å². The Labute approximate surface area is 147 Å². The fourth-order valence-electron chi connectivity index (χ4n) is 4.41. The van der Waals surface area contributed by atoms with E-state index in [0.717, 1.165) is 24.0 Å². The Hall–Kier alpha value is -2.08. The minimum atomic E-state index is -0.0519. The molecule has 0 radical (unpaired) electrons. The van der Waals surface area contributed by atoms with Crippen molar-refractivity contribution in [3.63, 3.8) is 0 Å². The van der Waals surface area contributed by atoms with E-state index in [0.29, 0.717) is 23.2 Å². The number of aromatic nitrogens is 2. The van der Waals surface area contributed by atoms with Crippen molar-refractivity contribution < 1.29 is 4.79 Å². The van der Waals surface area contributed by atoms with Crippen molar-refractivity contribution in [1.82, 2.24) is 20.0 Å². The fraction of sp³-hybridized carbons (Fsp3) is 0.579. The molecule has 6 rings (SSSR count). The van der Waals surface area contributed by atoms with Gasteiger partial charge in [0.2, 0.25) is 0 Å². The van der Waals surface area contributed by atoms with E-state index in [1.807, 2.05) is 22.9 Å². The standard InChI is InChI=1S/C19H25N5O/c20-14-3-4-17-15(9-14)18(22-24(17)10-12-1-2-12)19(25)21-16-11-23-7-5-13(16)6-8-23/h3-4,9,12-13,16H,1-2,5-8,10-11,20H2,(H,21,25). The number of carbonyl (C=O) groups excluding carboxylic acids is 1. The minimum absolute atomic E-state index is 0.0519. The molecule has 0 spiro atoms. The largest absolute Gasteiger partial charge is 0.399 e. The van der Waals surface area contributed by atoms with Crippen molar-refractivity contribution in [2.75, 3.05) is 25.4 Å². The molecule has 4 aliphatic rings. The van der Waals surface area contributed by atoms with Gasteiger partial charge in [0.05, 0.1) is 5.52 Å². The first kappa shape index (κ1) is 15.2. The quantitative estimate of drug-likeness (QED) is 0.834. The first-order valence-corrected chi connectivity index (χ1v) is 9.46. The summed E-state index contributed by atoms with van der Waals surface area (Å²) in [7, 11) is 0. The van der Waals surface area contributed by atoms with Gasteiger partial charge >= 0.3 is 0 Å². The number of rotatable bonds is 4. The Bertz CT molecular complexity index is 817. The lowest BCUT2D eigenvalue weighted by Gasteiger charge is -2.44. The zero-order valence-electron chi connectivity index (χ0n) is 14.4. The van der Waals surface area contributed by atoms with E-state index in [9.17, 15) is 4.79 Å². The number of benzene rings is 1. The lowest BCUT2D eigenvalue weighted by Crippen LogP contribution is -2.57. The molecule has 1 amide bonds. The molecule has 2 bridgehead atoms. The highest BCUT2D eigenvalue weighted by Crippen LogP contribution is 2.33. The third-order valence-corrected chi connectivity index (χ3v) is 6.09. The summed E-state index contributed by atoms with van der Waals surface area (Å²) in [6.45, 7) is 4.21. The highest BCUT2D eigenvalue weighted by Gasteiger charge is 2.35. The van der Waals surface area contributed by atoms with Crippen molar-refractivity contribution in [2.24, 2.45) is 11.8 Å². The summed E-state index contributed by atoms with van der Waals surface area (Å²) < 4.78 is 2.00. The fourth-order valence-corrected chi connectivity index (χ4v) is 4.41. The van der Waals surface area contributed by atoms with E-state index in [2.05, 4.69) is 15.3 Å². The predicted molar refractivity (Wildman–Crippen MR) is 97.3 cm³/mol. The molecule has 1 atom stereocenters. The average Bonchev–Trinajstić information content (AvgIpc) is 3.37. The van der Waals surface area contributed by atoms with Gasteiger partial charge in [-0.05, 0) is 68.8 Å². The highest BCUT2D eigenvalue weighted by molar-refractivity contribution is 6.05. The Morgan fingerprint density at radius 3 is 2.72 bits per heavy atom. The Kier molecular flexibility index (Phi) is 3.48. The van der Waals surface area contributed by atoms with Crippen LogP contribution in [-0.4, -0.2) is 46.3 Å². The number of nitrogens with two attached hydrogens (primary N) is 1. The Morgan fingerprint density at radius 2 is 2.04 bits per heavy atom. The molecule has 1 aliphatic carbocycles. The maximum atomic E-state index is 13.0. The van der Waals surface area contributed by atoms with Gasteiger partial charge in [-0.25, -0.2) is 0 Å². The third-order valence-electron chi connectivity index (χ3n) is 6.09. The van der Waals surface area contributed by atoms with Crippen LogP contribution in [0.1, 0.15) is 36.2 Å². The first-order chi connectivity index (χ1) is 12.2. The molecule has 3 N–H and O–H groups in total. The molecule has 3 saturated heterocycles. The number of hydrogen-bond donors (Lipinski definition) is 2. The second-order valence-electron chi connectivity index (χ2n) is 7.97. The lowest BCUT2D eigenvalue weighted by molar-refractivity contribution is 0.0618.